The van der Waals surface area contributed by atoms with E-state index in [0.29, 0.717) is 25.3 Å². The number of sulfone groups is 1. The molecule has 84 valence electrons. The molecule has 3 aliphatic rings. The number of amides is 1. The van der Waals surface area contributed by atoms with Crippen LogP contribution in [0.2, 0.25) is 0 Å². The second-order valence-corrected chi connectivity index (χ2v) is 7.36. The molecule has 0 spiro atoms. The van der Waals surface area contributed by atoms with Crippen LogP contribution < -0.4 is 0 Å². The van der Waals surface area contributed by atoms with Gasteiger partial charge in [0.05, 0.1) is 11.0 Å². The molecular weight excluding hydrogens is 214 g/mol. The Morgan fingerprint density at radius 1 is 1.33 bits per heavy atom. The minimum atomic E-state index is -2.86. The zero-order valence-electron chi connectivity index (χ0n) is 8.55. The van der Waals surface area contributed by atoms with Crippen molar-refractivity contribution < 1.29 is 13.2 Å². The number of likely N-dealkylation sites (tertiary alicyclic amines) is 1. The molecule has 15 heavy (non-hydrogen) atoms. The molecule has 0 aromatic heterocycles. The molecule has 0 radical (unpaired) electrons. The number of rotatable bonds is 2. The molecule has 0 N–H and O–H groups in total. The predicted molar refractivity (Wildman–Crippen MR) is 55.0 cm³/mol. The van der Waals surface area contributed by atoms with Gasteiger partial charge in [-0.1, -0.05) is 0 Å². The summed E-state index contributed by atoms with van der Waals surface area (Å²) >= 11 is 0. The van der Waals surface area contributed by atoms with E-state index in [2.05, 4.69) is 0 Å². The van der Waals surface area contributed by atoms with Crippen LogP contribution in [0.5, 0.6) is 0 Å². The predicted octanol–water partition coefficient (Wildman–Crippen LogP) is 0.184. The topological polar surface area (TPSA) is 54.5 Å². The highest BCUT2D eigenvalue weighted by Gasteiger charge is 2.50. The summed E-state index contributed by atoms with van der Waals surface area (Å²) in [4.78, 5) is 13.6. The standard InChI is InChI=1S/C10H15NO3S/c12-10(3-7-1-2-7)11-5-9-4-8(11)6-15(9,13)14/h7-9H,1-6H2. The minimum absolute atomic E-state index is 0.00810. The highest BCUT2D eigenvalue weighted by Crippen LogP contribution is 2.37. The molecule has 2 unspecified atom stereocenters. The van der Waals surface area contributed by atoms with E-state index in [4.69, 9.17) is 0 Å². The zero-order chi connectivity index (χ0) is 10.6. The van der Waals surface area contributed by atoms with Crippen LogP contribution >= 0.6 is 0 Å². The second kappa shape index (κ2) is 2.97. The van der Waals surface area contributed by atoms with Crippen LogP contribution in [0.1, 0.15) is 25.7 Å². The summed E-state index contributed by atoms with van der Waals surface area (Å²) in [6, 6.07) is -0.00810. The molecular formula is C10H15NO3S. The first-order chi connectivity index (χ1) is 7.06. The maximum atomic E-state index is 11.8. The fraction of sp³-hybridized carbons (Fsp3) is 0.900. The van der Waals surface area contributed by atoms with Gasteiger partial charge in [0.1, 0.15) is 0 Å². The quantitative estimate of drug-likeness (QED) is 0.679. The third kappa shape index (κ3) is 1.57. The highest BCUT2D eigenvalue weighted by atomic mass is 32.2. The van der Waals surface area contributed by atoms with Gasteiger partial charge in [-0.2, -0.15) is 0 Å². The van der Waals surface area contributed by atoms with E-state index in [1.54, 1.807) is 0 Å². The molecule has 3 fully saturated rings. The van der Waals surface area contributed by atoms with Gasteiger partial charge in [0.25, 0.3) is 0 Å². The molecule has 0 aromatic carbocycles. The van der Waals surface area contributed by atoms with Crippen molar-refractivity contribution in [2.75, 3.05) is 12.3 Å². The van der Waals surface area contributed by atoms with E-state index in [-0.39, 0.29) is 23.0 Å². The molecule has 2 heterocycles. The van der Waals surface area contributed by atoms with Gasteiger partial charge in [-0.25, -0.2) is 8.42 Å². The maximum Gasteiger partial charge on any atom is 0.223 e. The Morgan fingerprint density at radius 2 is 2.07 bits per heavy atom. The third-order valence-corrected chi connectivity index (χ3v) is 6.00. The smallest absolute Gasteiger partial charge is 0.223 e. The van der Waals surface area contributed by atoms with Gasteiger partial charge in [-0.05, 0) is 25.2 Å². The van der Waals surface area contributed by atoms with Crippen molar-refractivity contribution in [1.29, 1.82) is 0 Å². The largest absolute Gasteiger partial charge is 0.337 e. The maximum absolute atomic E-state index is 11.8. The van der Waals surface area contributed by atoms with E-state index >= 15 is 0 Å². The second-order valence-electron chi connectivity index (χ2n) is 5.03. The normalized spacial score (nSPS) is 37.2. The van der Waals surface area contributed by atoms with E-state index in [0.717, 1.165) is 0 Å². The van der Waals surface area contributed by atoms with Crippen LogP contribution in [-0.4, -0.2) is 42.8 Å². The van der Waals surface area contributed by atoms with Crippen LogP contribution in [0.3, 0.4) is 0 Å². The summed E-state index contributed by atoms with van der Waals surface area (Å²) in [5.74, 6) is 0.974. The van der Waals surface area contributed by atoms with Crippen LogP contribution in [0.25, 0.3) is 0 Å². The first-order valence-corrected chi connectivity index (χ1v) is 7.29. The number of nitrogens with zero attached hydrogens (tertiary/aromatic N) is 1. The van der Waals surface area contributed by atoms with Crippen molar-refractivity contribution in [3.63, 3.8) is 0 Å². The number of fused-ring (bicyclic) bond motifs is 2. The molecule has 2 atom stereocenters. The Kier molecular flexibility index (Phi) is 1.90. The van der Waals surface area contributed by atoms with Crippen LogP contribution in [0, 0.1) is 5.92 Å². The van der Waals surface area contributed by atoms with Gasteiger partial charge in [0.2, 0.25) is 5.91 Å². The third-order valence-electron chi connectivity index (χ3n) is 3.79. The Hall–Kier alpha value is -0.580. The summed E-state index contributed by atoms with van der Waals surface area (Å²) in [5.41, 5.74) is 0. The monoisotopic (exact) mass is 229 g/mol. The first kappa shape index (κ1) is 9.63. The van der Waals surface area contributed by atoms with Crippen molar-refractivity contribution in [3.8, 4) is 0 Å². The molecule has 1 aliphatic carbocycles. The molecule has 3 rings (SSSR count). The molecule has 1 saturated carbocycles. The molecule has 2 saturated heterocycles. The zero-order valence-corrected chi connectivity index (χ0v) is 9.37. The van der Waals surface area contributed by atoms with Gasteiger partial charge in [-0.15, -0.1) is 0 Å². The van der Waals surface area contributed by atoms with Crippen molar-refractivity contribution in [1.82, 2.24) is 4.90 Å². The lowest BCUT2D eigenvalue weighted by Crippen LogP contribution is -2.44. The SMILES string of the molecule is O=C(CC1CC1)N1CC2CC1CS2(=O)=O. The van der Waals surface area contributed by atoms with Gasteiger partial charge in [0, 0.05) is 19.0 Å². The highest BCUT2D eigenvalue weighted by molar-refractivity contribution is 7.92. The average Bonchev–Trinajstić information content (AvgIpc) is 2.75. The van der Waals surface area contributed by atoms with Crippen LogP contribution in [0.15, 0.2) is 0 Å². The molecule has 2 bridgehead atoms. The summed E-state index contributed by atoms with van der Waals surface area (Å²) in [6.45, 7) is 0.457. The lowest BCUT2D eigenvalue weighted by atomic mass is 10.2. The summed E-state index contributed by atoms with van der Waals surface area (Å²) in [7, 11) is -2.86. The Bertz CT molecular complexity index is 399. The lowest BCUT2D eigenvalue weighted by molar-refractivity contribution is -0.132. The Labute approximate surface area is 89.6 Å². The minimum Gasteiger partial charge on any atom is -0.337 e. The van der Waals surface area contributed by atoms with E-state index in [9.17, 15) is 13.2 Å². The molecule has 4 nitrogen and oxygen atoms in total. The van der Waals surface area contributed by atoms with Crippen LogP contribution in [-0.2, 0) is 14.6 Å². The Morgan fingerprint density at radius 3 is 2.53 bits per heavy atom. The van der Waals surface area contributed by atoms with Gasteiger partial charge >= 0.3 is 0 Å². The first-order valence-electron chi connectivity index (χ1n) is 5.57. The average molecular weight is 229 g/mol. The fourth-order valence-corrected chi connectivity index (χ4v) is 4.72. The molecule has 0 aromatic rings. The molecule has 1 amide bonds. The van der Waals surface area contributed by atoms with Gasteiger partial charge in [0.15, 0.2) is 9.84 Å². The number of carbonyl (C=O) groups excluding carboxylic acids is 1. The Balaban J connectivity index is 1.69. The van der Waals surface area contributed by atoms with Crippen molar-refractivity contribution in [2.45, 2.75) is 37.0 Å². The van der Waals surface area contributed by atoms with E-state index in [1.165, 1.54) is 12.8 Å². The van der Waals surface area contributed by atoms with Gasteiger partial charge < -0.3 is 4.90 Å². The fourth-order valence-electron chi connectivity index (χ4n) is 2.69. The molecule has 2 aliphatic heterocycles. The van der Waals surface area contributed by atoms with Crippen molar-refractivity contribution in [3.05, 3.63) is 0 Å². The number of hydrogen-bond acceptors (Lipinski definition) is 3. The lowest BCUT2D eigenvalue weighted by Gasteiger charge is -2.26. The summed E-state index contributed by atoms with van der Waals surface area (Å²) < 4.78 is 23.0. The summed E-state index contributed by atoms with van der Waals surface area (Å²) in [6.07, 6.45) is 3.67. The number of carbonyl (C=O) groups is 1. The molecule has 5 heteroatoms. The van der Waals surface area contributed by atoms with E-state index < -0.39 is 9.84 Å². The van der Waals surface area contributed by atoms with Crippen molar-refractivity contribution >= 4 is 15.7 Å². The van der Waals surface area contributed by atoms with Gasteiger partial charge in [-0.3, -0.25) is 4.79 Å². The van der Waals surface area contributed by atoms with E-state index in [1.807, 2.05) is 4.90 Å². The van der Waals surface area contributed by atoms with Crippen LogP contribution in [0.4, 0.5) is 0 Å². The van der Waals surface area contributed by atoms with Crippen molar-refractivity contribution in [2.24, 2.45) is 5.92 Å². The number of hydrogen-bond donors (Lipinski definition) is 0. The summed E-state index contributed by atoms with van der Waals surface area (Å²) in [5, 5.41) is -0.259.